The lowest BCUT2D eigenvalue weighted by Gasteiger charge is -2.35. The molecule has 2 aromatic rings. The number of para-hydroxylation sites is 1. The summed E-state index contributed by atoms with van der Waals surface area (Å²) >= 11 is 1.68. The Morgan fingerprint density at radius 2 is 1.92 bits per heavy atom. The fourth-order valence-electron chi connectivity index (χ4n) is 3.09. The lowest BCUT2D eigenvalue weighted by molar-refractivity contribution is -0.136. The number of thiazole rings is 1. The number of hydrogen-bond acceptors (Lipinski definition) is 5. The molecule has 0 saturated carbocycles. The van der Waals surface area contributed by atoms with Gasteiger partial charge in [0.25, 0.3) is 0 Å². The standard InChI is InChI=1S/C19H26N4O2S/c1-14(2)19(25)23-11-9-22(10-12-23)13-17(24)20-8-7-18-21-15-5-3-4-6-16(15)26-18/h3-6,14H,7-13H2,1-2H3,(H,20,24). The molecule has 0 atom stereocenters. The highest BCUT2D eigenvalue weighted by Gasteiger charge is 2.23. The number of carbonyl (C=O) groups excluding carboxylic acids is 2. The summed E-state index contributed by atoms with van der Waals surface area (Å²) in [5.41, 5.74) is 1.02. The van der Waals surface area contributed by atoms with Crippen LogP contribution in [0.2, 0.25) is 0 Å². The molecule has 3 rings (SSSR count). The average Bonchev–Trinajstić information content (AvgIpc) is 3.04. The van der Waals surface area contributed by atoms with Gasteiger partial charge in [0, 0.05) is 45.1 Å². The summed E-state index contributed by atoms with van der Waals surface area (Å²) in [7, 11) is 0. The van der Waals surface area contributed by atoms with Gasteiger partial charge in [0.2, 0.25) is 11.8 Å². The van der Waals surface area contributed by atoms with Crippen LogP contribution in [0.3, 0.4) is 0 Å². The number of rotatable bonds is 6. The van der Waals surface area contributed by atoms with Crippen molar-refractivity contribution in [3.05, 3.63) is 29.3 Å². The number of aromatic nitrogens is 1. The summed E-state index contributed by atoms with van der Waals surface area (Å²) in [5.74, 6) is 0.270. The zero-order valence-electron chi connectivity index (χ0n) is 15.4. The van der Waals surface area contributed by atoms with E-state index in [0.717, 1.165) is 30.0 Å². The Balaban J connectivity index is 1.37. The van der Waals surface area contributed by atoms with Crippen molar-refractivity contribution < 1.29 is 9.59 Å². The monoisotopic (exact) mass is 374 g/mol. The third kappa shape index (κ3) is 4.80. The van der Waals surface area contributed by atoms with Crippen LogP contribution >= 0.6 is 11.3 Å². The Labute approximate surface area is 158 Å². The van der Waals surface area contributed by atoms with E-state index in [2.05, 4.69) is 21.3 Å². The van der Waals surface area contributed by atoms with Crippen molar-refractivity contribution in [1.29, 1.82) is 0 Å². The number of nitrogens with zero attached hydrogens (tertiary/aromatic N) is 3. The minimum atomic E-state index is 0.0346. The summed E-state index contributed by atoms with van der Waals surface area (Å²) in [6.45, 7) is 7.76. The molecule has 6 nitrogen and oxygen atoms in total. The van der Waals surface area contributed by atoms with Crippen LogP contribution in [0.1, 0.15) is 18.9 Å². The first-order valence-corrected chi connectivity index (χ1v) is 9.97. The van der Waals surface area contributed by atoms with E-state index < -0.39 is 0 Å². The molecule has 0 unspecified atom stereocenters. The average molecular weight is 375 g/mol. The highest BCUT2D eigenvalue weighted by Crippen LogP contribution is 2.21. The number of nitrogens with one attached hydrogen (secondary N) is 1. The Morgan fingerprint density at radius 1 is 1.19 bits per heavy atom. The van der Waals surface area contributed by atoms with Crippen molar-refractivity contribution >= 4 is 33.4 Å². The van der Waals surface area contributed by atoms with Crippen molar-refractivity contribution in [2.45, 2.75) is 20.3 Å². The smallest absolute Gasteiger partial charge is 0.234 e. The number of benzene rings is 1. The summed E-state index contributed by atoms with van der Waals surface area (Å²) in [6.07, 6.45) is 0.752. The minimum Gasteiger partial charge on any atom is -0.355 e. The molecule has 1 aromatic heterocycles. The van der Waals surface area contributed by atoms with Gasteiger partial charge in [-0.05, 0) is 12.1 Å². The van der Waals surface area contributed by atoms with Crippen molar-refractivity contribution in [2.75, 3.05) is 39.3 Å². The van der Waals surface area contributed by atoms with E-state index in [-0.39, 0.29) is 17.7 Å². The normalized spacial score (nSPS) is 15.6. The van der Waals surface area contributed by atoms with Crippen LogP contribution in [0.4, 0.5) is 0 Å². The SMILES string of the molecule is CC(C)C(=O)N1CCN(CC(=O)NCCc2nc3ccccc3s2)CC1. The van der Waals surface area contributed by atoms with E-state index in [1.807, 2.05) is 36.9 Å². The maximum absolute atomic E-state index is 12.1. The van der Waals surface area contributed by atoms with Gasteiger partial charge in [0.05, 0.1) is 21.8 Å². The molecule has 26 heavy (non-hydrogen) atoms. The van der Waals surface area contributed by atoms with Gasteiger partial charge in [-0.1, -0.05) is 26.0 Å². The topological polar surface area (TPSA) is 65.5 Å². The fraction of sp³-hybridized carbons (Fsp3) is 0.526. The maximum atomic E-state index is 12.1. The van der Waals surface area contributed by atoms with Crippen molar-refractivity contribution in [1.82, 2.24) is 20.1 Å². The van der Waals surface area contributed by atoms with Gasteiger partial charge in [-0.25, -0.2) is 4.98 Å². The van der Waals surface area contributed by atoms with E-state index in [1.165, 1.54) is 4.70 Å². The van der Waals surface area contributed by atoms with Gasteiger partial charge in [-0.3, -0.25) is 14.5 Å². The van der Waals surface area contributed by atoms with Gasteiger partial charge < -0.3 is 10.2 Å². The number of fused-ring (bicyclic) bond motifs is 1. The fourth-order valence-corrected chi connectivity index (χ4v) is 4.05. The molecule has 2 amide bonds. The summed E-state index contributed by atoms with van der Waals surface area (Å²) in [5, 5.41) is 4.03. The lowest BCUT2D eigenvalue weighted by Crippen LogP contribution is -2.52. The molecule has 1 aromatic carbocycles. The van der Waals surface area contributed by atoms with E-state index in [4.69, 9.17) is 0 Å². The van der Waals surface area contributed by atoms with Crippen LogP contribution in [0.25, 0.3) is 10.2 Å². The second-order valence-electron chi connectivity index (χ2n) is 6.93. The number of carbonyl (C=O) groups is 2. The van der Waals surface area contributed by atoms with Gasteiger partial charge >= 0.3 is 0 Å². The minimum absolute atomic E-state index is 0.0346. The predicted molar refractivity (Wildman–Crippen MR) is 104 cm³/mol. The number of amides is 2. The van der Waals surface area contributed by atoms with E-state index in [1.54, 1.807) is 11.3 Å². The third-order valence-electron chi connectivity index (χ3n) is 4.54. The highest BCUT2D eigenvalue weighted by atomic mass is 32.1. The van der Waals surface area contributed by atoms with Crippen LogP contribution in [-0.4, -0.2) is 65.9 Å². The molecule has 1 aliphatic rings. The first kappa shape index (κ1) is 18.8. The van der Waals surface area contributed by atoms with Crippen molar-refractivity contribution in [3.63, 3.8) is 0 Å². The van der Waals surface area contributed by atoms with Crippen molar-refractivity contribution in [3.8, 4) is 0 Å². The molecule has 7 heteroatoms. The summed E-state index contributed by atoms with van der Waals surface area (Å²) < 4.78 is 1.18. The molecule has 1 saturated heterocycles. The Morgan fingerprint density at radius 3 is 2.62 bits per heavy atom. The zero-order valence-corrected chi connectivity index (χ0v) is 16.2. The summed E-state index contributed by atoms with van der Waals surface area (Å²) in [6, 6.07) is 8.08. The first-order valence-electron chi connectivity index (χ1n) is 9.15. The van der Waals surface area contributed by atoms with Crippen LogP contribution in [0.15, 0.2) is 24.3 Å². The molecule has 2 heterocycles. The third-order valence-corrected chi connectivity index (χ3v) is 5.64. The van der Waals surface area contributed by atoms with Crippen LogP contribution < -0.4 is 5.32 Å². The van der Waals surface area contributed by atoms with Crippen LogP contribution in [-0.2, 0) is 16.0 Å². The highest BCUT2D eigenvalue weighted by molar-refractivity contribution is 7.18. The van der Waals surface area contributed by atoms with Gasteiger partial charge in [-0.15, -0.1) is 11.3 Å². The Bertz CT molecular complexity index is 733. The maximum Gasteiger partial charge on any atom is 0.234 e. The summed E-state index contributed by atoms with van der Waals surface area (Å²) in [4.78, 5) is 32.7. The first-order chi connectivity index (χ1) is 12.5. The molecule has 0 radical (unpaired) electrons. The lowest BCUT2D eigenvalue weighted by atomic mass is 10.1. The van der Waals surface area contributed by atoms with Gasteiger partial charge in [0.15, 0.2) is 0 Å². The van der Waals surface area contributed by atoms with E-state index in [0.29, 0.717) is 26.2 Å². The molecule has 140 valence electrons. The molecule has 0 bridgehead atoms. The van der Waals surface area contributed by atoms with Crippen LogP contribution in [0.5, 0.6) is 0 Å². The number of hydrogen-bond donors (Lipinski definition) is 1. The van der Waals surface area contributed by atoms with Crippen molar-refractivity contribution in [2.24, 2.45) is 5.92 Å². The molecule has 0 aliphatic carbocycles. The largest absolute Gasteiger partial charge is 0.355 e. The molecular weight excluding hydrogens is 348 g/mol. The molecule has 0 spiro atoms. The predicted octanol–water partition coefficient (Wildman–Crippen LogP) is 1.76. The molecular formula is C19H26N4O2S. The van der Waals surface area contributed by atoms with E-state index >= 15 is 0 Å². The zero-order chi connectivity index (χ0) is 18.5. The van der Waals surface area contributed by atoms with E-state index in [9.17, 15) is 9.59 Å². The molecule has 1 N–H and O–H groups in total. The number of piperazine rings is 1. The molecule has 1 fully saturated rings. The second-order valence-corrected chi connectivity index (χ2v) is 8.05. The van der Waals surface area contributed by atoms with Crippen LogP contribution in [0, 0.1) is 5.92 Å². The second kappa shape index (κ2) is 8.60. The molecule has 1 aliphatic heterocycles. The van der Waals surface area contributed by atoms with Gasteiger partial charge in [0.1, 0.15) is 0 Å². The Kier molecular flexibility index (Phi) is 6.21. The van der Waals surface area contributed by atoms with Gasteiger partial charge in [-0.2, -0.15) is 0 Å². The Hall–Kier alpha value is -1.99. The quantitative estimate of drug-likeness (QED) is 0.837.